The minimum atomic E-state index is -0.555. The van der Waals surface area contributed by atoms with Crippen LogP contribution in [0.5, 0.6) is 0 Å². The highest BCUT2D eigenvalue weighted by Crippen LogP contribution is 2.10. The van der Waals surface area contributed by atoms with E-state index in [2.05, 4.69) is 15.6 Å². The molecule has 1 aromatic heterocycles. The minimum Gasteiger partial charge on any atom is -0.394 e. The van der Waals surface area contributed by atoms with Crippen LogP contribution in [0.15, 0.2) is 10.9 Å². The van der Waals surface area contributed by atoms with Crippen molar-refractivity contribution in [3.8, 4) is 0 Å². The van der Waals surface area contributed by atoms with E-state index in [1.807, 2.05) is 19.2 Å². The summed E-state index contributed by atoms with van der Waals surface area (Å²) in [6.45, 7) is 4.19. The summed E-state index contributed by atoms with van der Waals surface area (Å²) in [5.41, 5.74) is 2.01. The average Bonchev–Trinajstić information content (AvgIpc) is 2.79. The molecule has 0 radical (unpaired) electrons. The van der Waals surface area contributed by atoms with Crippen LogP contribution in [0.4, 0.5) is 4.79 Å². The fraction of sp³-hybridized carbons (Fsp3) is 0.636. The van der Waals surface area contributed by atoms with Gasteiger partial charge < -0.3 is 15.7 Å². The summed E-state index contributed by atoms with van der Waals surface area (Å²) in [5, 5.41) is 16.6. The molecule has 0 aliphatic heterocycles. The first-order valence-corrected chi connectivity index (χ1v) is 6.58. The van der Waals surface area contributed by atoms with Gasteiger partial charge in [-0.3, -0.25) is 0 Å². The third-order valence-corrected chi connectivity index (χ3v) is 3.11. The average molecular weight is 257 g/mol. The Balaban J connectivity index is 2.37. The first-order chi connectivity index (χ1) is 8.09. The highest BCUT2D eigenvalue weighted by atomic mass is 32.1. The Morgan fingerprint density at radius 3 is 2.94 bits per heavy atom. The van der Waals surface area contributed by atoms with Gasteiger partial charge in [0.1, 0.15) is 0 Å². The number of amides is 2. The summed E-state index contributed by atoms with van der Waals surface area (Å²) in [6, 6.07) is -0.275. The number of urea groups is 1. The molecule has 1 heterocycles. The zero-order valence-electron chi connectivity index (χ0n) is 10.2. The van der Waals surface area contributed by atoms with Crippen molar-refractivity contribution in [2.45, 2.75) is 38.8 Å². The van der Waals surface area contributed by atoms with Crippen molar-refractivity contribution >= 4 is 17.4 Å². The molecule has 0 aromatic carbocycles. The second kappa shape index (κ2) is 6.56. The molecule has 96 valence electrons. The molecule has 0 saturated heterocycles. The topological polar surface area (TPSA) is 74.2 Å². The molecule has 6 heteroatoms. The number of nitrogens with zero attached hydrogens (tertiary/aromatic N) is 1. The van der Waals surface area contributed by atoms with Gasteiger partial charge in [-0.2, -0.15) is 0 Å². The van der Waals surface area contributed by atoms with E-state index in [9.17, 15) is 9.90 Å². The molecule has 1 unspecified atom stereocenters. The van der Waals surface area contributed by atoms with E-state index < -0.39 is 5.54 Å². The van der Waals surface area contributed by atoms with Crippen molar-refractivity contribution in [1.82, 2.24) is 15.6 Å². The van der Waals surface area contributed by atoms with Crippen molar-refractivity contribution < 1.29 is 9.90 Å². The molecule has 1 atom stereocenters. The van der Waals surface area contributed by atoms with Crippen LogP contribution in [-0.2, 0) is 6.54 Å². The second-order valence-electron chi connectivity index (χ2n) is 4.26. The molecule has 1 aromatic rings. The lowest BCUT2D eigenvalue weighted by atomic mass is 9.98. The lowest BCUT2D eigenvalue weighted by molar-refractivity contribution is 0.163. The Hall–Kier alpha value is -1.14. The van der Waals surface area contributed by atoms with Crippen molar-refractivity contribution in [3.63, 3.8) is 0 Å². The molecule has 5 nitrogen and oxygen atoms in total. The Bertz CT molecular complexity index is 342. The van der Waals surface area contributed by atoms with Gasteiger partial charge in [-0.05, 0) is 13.3 Å². The highest BCUT2D eigenvalue weighted by Gasteiger charge is 2.24. The third kappa shape index (κ3) is 4.70. The van der Waals surface area contributed by atoms with Gasteiger partial charge >= 0.3 is 6.03 Å². The maximum absolute atomic E-state index is 11.6. The zero-order valence-corrected chi connectivity index (χ0v) is 11.0. The number of hydrogen-bond acceptors (Lipinski definition) is 4. The largest absolute Gasteiger partial charge is 0.394 e. The minimum absolute atomic E-state index is 0.0645. The van der Waals surface area contributed by atoms with Crippen molar-refractivity contribution in [2.75, 3.05) is 6.61 Å². The molecule has 17 heavy (non-hydrogen) atoms. The van der Waals surface area contributed by atoms with E-state index in [-0.39, 0.29) is 12.6 Å². The molecule has 0 aliphatic rings. The molecule has 0 bridgehead atoms. The van der Waals surface area contributed by atoms with E-state index in [1.165, 1.54) is 11.3 Å². The van der Waals surface area contributed by atoms with Crippen LogP contribution in [-0.4, -0.2) is 28.3 Å². The number of rotatable bonds is 6. The monoisotopic (exact) mass is 257 g/mol. The van der Waals surface area contributed by atoms with Crippen LogP contribution < -0.4 is 10.6 Å². The van der Waals surface area contributed by atoms with Gasteiger partial charge in [-0.25, -0.2) is 9.78 Å². The Labute approximate surface area is 105 Å². The van der Waals surface area contributed by atoms with E-state index in [1.54, 1.807) is 5.51 Å². The molecular weight excluding hydrogens is 238 g/mol. The van der Waals surface area contributed by atoms with Crippen LogP contribution in [0.25, 0.3) is 0 Å². The van der Waals surface area contributed by atoms with Gasteiger partial charge in [0.2, 0.25) is 0 Å². The summed E-state index contributed by atoms with van der Waals surface area (Å²) < 4.78 is 0. The molecular formula is C11H19N3O2S. The maximum atomic E-state index is 11.6. The fourth-order valence-electron chi connectivity index (χ4n) is 1.55. The second-order valence-corrected chi connectivity index (χ2v) is 4.97. The molecule has 2 amide bonds. The molecule has 0 spiro atoms. The van der Waals surface area contributed by atoms with Gasteiger partial charge in [-0.1, -0.05) is 13.3 Å². The number of hydrogen-bond donors (Lipinski definition) is 3. The van der Waals surface area contributed by atoms with Gasteiger partial charge in [0.05, 0.1) is 29.9 Å². The summed E-state index contributed by atoms with van der Waals surface area (Å²) in [4.78, 5) is 15.7. The predicted molar refractivity (Wildman–Crippen MR) is 67.9 cm³/mol. The van der Waals surface area contributed by atoms with E-state index in [0.717, 1.165) is 18.5 Å². The standard InChI is InChI=1S/C11H19N3O2S/c1-3-4-11(2,7-15)14-10(16)12-5-9-6-17-8-13-9/h6,8,15H,3-5,7H2,1-2H3,(H2,12,14,16). The number of aliphatic hydroxyl groups excluding tert-OH is 1. The van der Waals surface area contributed by atoms with Crippen LogP contribution in [0, 0.1) is 0 Å². The SMILES string of the molecule is CCCC(C)(CO)NC(=O)NCc1cscn1. The molecule has 0 fully saturated rings. The smallest absolute Gasteiger partial charge is 0.315 e. The number of thiazole rings is 1. The molecule has 3 N–H and O–H groups in total. The van der Waals surface area contributed by atoms with Gasteiger partial charge in [0.15, 0.2) is 0 Å². The van der Waals surface area contributed by atoms with Crippen LogP contribution in [0.3, 0.4) is 0 Å². The fourth-order valence-corrected chi connectivity index (χ4v) is 2.11. The summed E-state index contributed by atoms with van der Waals surface area (Å²) in [5.74, 6) is 0. The molecule has 0 aliphatic carbocycles. The van der Waals surface area contributed by atoms with Crippen LogP contribution >= 0.6 is 11.3 Å². The van der Waals surface area contributed by atoms with E-state index in [0.29, 0.717) is 6.54 Å². The van der Waals surface area contributed by atoms with Gasteiger partial charge in [0.25, 0.3) is 0 Å². The maximum Gasteiger partial charge on any atom is 0.315 e. The lowest BCUT2D eigenvalue weighted by Gasteiger charge is -2.28. The Morgan fingerprint density at radius 1 is 1.65 bits per heavy atom. The third-order valence-electron chi connectivity index (χ3n) is 2.48. The zero-order chi connectivity index (χ0) is 12.7. The molecule has 0 saturated carbocycles. The van der Waals surface area contributed by atoms with Gasteiger partial charge in [-0.15, -0.1) is 11.3 Å². The van der Waals surface area contributed by atoms with E-state index >= 15 is 0 Å². The number of aliphatic hydroxyl groups is 1. The number of carbonyl (C=O) groups excluding carboxylic acids is 1. The first-order valence-electron chi connectivity index (χ1n) is 5.63. The summed E-state index contributed by atoms with van der Waals surface area (Å²) >= 11 is 1.49. The Kier molecular flexibility index (Phi) is 5.37. The van der Waals surface area contributed by atoms with Gasteiger partial charge in [0, 0.05) is 5.38 Å². The van der Waals surface area contributed by atoms with Crippen LogP contribution in [0.1, 0.15) is 32.4 Å². The quantitative estimate of drug-likeness (QED) is 0.723. The first kappa shape index (κ1) is 13.9. The molecule has 1 rings (SSSR count). The number of aromatic nitrogens is 1. The van der Waals surface area contributed by atoms with Crippen molar-refractivity contribution in [3.05, 3.63) is 16.6 Å². The predicted octanol–water partition coefficient (Wildman–Crippen LogP) is 1.49. The lowest BCUT2D eigenvalue weighted by Crippen LogP contribution is -2.52. The van der Waals surface area contributed by atoms with E-state index in [4.69, 9.17) is 0 Å². The highest BCUT2D eigenvalue weighted by molar-refractivity contribution is 7.07. The summed E-state index contributed by atoms with van der Waals surface area (Å²) in [7, 11) is 0. The number of nitrogens with one attached hydrogen (secondary N) is 2. The summed E-state index contributed by atoms with van der Waals surface area (Å²) in [6.07, 6.45) is 1.65. The van der Waals surface area contributed by atoms with Crippen molar-refractivity contribution in [1.29, 1.82) is 0 Å². The van der Waals surface area contributed by atoms with Crippen LogP contribution in [0.2, 0.25) is 0 Å². The van der Waals surface area contributed by atoms with Crippen molar-refractivity contribution in [2.24, 2.45) is 0 Å². The Morgan fingerprint density at radius 2 is 2.41 bits per heavy atom. The number of carbonyl (C=O) groups is 1. The normalized spacial score (nSPS) is 14.1.